The Labute approximate surface area is 216 Å². The maximum Gasteiger partial charge on any atom is 0.314 e. The minimum atomic E-state index is -2.83. The number of aromatic nitrogens is 3. The van der Waals surface area contributed by atoms with E-state index < -0.39 is 23.6 Å². The summed E-state index contributed by atoms with van der Waals surface area (Å²) in [6.45, 7) is 19.9. The molecule has 204 valence electrons. The highest BCUT2D eigenvalue weighted by Gasteiger charge is 2.18. The highest BCUT2D eigenvalue weighted by molar-refractivity contribution is 7.76. The second-order valence-corrected chi connectivity index (χ2v) is 7.10. The Morgan fingerprint density at radius 1 is 1.09 bits per heavy atom. The van der Waals surface area contributed by atoms with Crippen LogP contribution in [-0.2, 0) is 17.8 Å². The minimum Gasteiger partial charge on any atom is -0.760 e. The van der Waals surface area contributed by atoms with Crippen molar-refractivity contribution in [2.45, 2.75) is 82.2 Å². The third-order valence-electron chi connectivity index (χ3n) is 2.72. The number of hydrogen-bond donors (Lipinski definition) is 0. The molecule has 8 nitrogen and oxygen atoms in total. The second-order valence-electron chi connectivity index (χ2n) is 4.92. The number of thiazole rings is 1. The van der Waals surface area contributed by atoms with E-state index in [0.29, 0.717) is 9.88 Å². The Morgan fingerprint density at radius 2 is 1.63 bits per heavy atom. The van der Waals surface area contributed by atoms with Gasteiger partial charge in [0.1, 0.15) is 9.88 Å². The lowest BCUT2D eigenvalue weighted by Gasteiger charge is -2.16. The Hall–Kier alpha value is -2.15. The molecule has 0 aliphatic carbocycles. The van der Waals surface area contributed by atoms with Gasteiger partial charge in [-0.15, -0.1) is 21.5 Å². The Balaban J connectivity index is -0.000000250. The van der Waals surface area contributed by atoms with Crippen LogP contribution in [0.3, 0.4) is 0 Å². The maximum absolute atomic E-state index is 12.3. The van der Waals surface area contributed by atoms with Crippen molar-refractivity contribution in [2.24, 2.45) is 4.99 Å². The molecule has 2 rings (SSSR count). The van der Waals surface area contributed by atoms with Gasteiger partial charge in [0, 0.05) is 23.7 Å². The van der Waals surface area contributed by atoms with Gasteiger partial charge in [-0.25, -0.2) is 9.29 Å². The molecule has 0 spiro atoms. The molecule has 1 atom stereocenters. The fourth-order valence-electron chi connectivity index (χ4n) is 1.32. The first-order chi connectivity index (χ1) is 16.8. The van der Waals surface area contributed by atoms with E-state index in [1.165, 1.54) is 13.2 Å². The number of aliphatic imine (C=N–C) groups is 1. The highest BCUT2D eigenvalue weighted by Crippen LogP contribution is 2.28. The number of nitrogens with zero attached hydrogens (tertiary/aromatic N) is 5. The van der Waals surface area contributed by atoms with Gasteiger partial charge in [-0.2, -0.15) is 8.78 Å². The van der Waals surface area contributed by atoms with Crippen molar-refractivity contribution in [3.8, 4) is 10.8 Å². The number of halogens is 2. The molecular formula is C23H42F2N5O3S2-. The average Bonchev–Trinajstić information content (AvgIpc) is 3.57. The summed E-state index contributed by atoms with van der Waals surface area (Å²) in [7, 11) is 1.38. The van der Waals surface area contributed by atoms with Crippen LogP contribution in [0.5, 0.6) is 0 Å². The normalized spacial score (nSPS) is 10.9. The lowest BCUT2D eigenvalue weighted by Crippen LogP contribution is -2.19. The monoisotopic (exact) mass is 538 g/mol. The van der Waals surface area contributed by atoms with Gasteiger partial charge in [-0.1, -0.05) is 59.8 Å². The molecule has 0 saturated heterocycles. The molecule has 0 aliphatic rings. The van der Waals surface area contributed by atoms with Gasteiger partial charge in [0.2, 0.25) is 0 Å². The molecule has 0 fully saturated rings. The predicted molar refractivity (Wildman–Crippen MR) is 144 cm³/mol. The minimum absolute atomic E-state index is 0.0649. The summed E-state index contributed by atoms with van der Waals surface area (Å²) in [5.74, 6) is -0.826. The van der Waals surface area contributed by atoms with Gasteiger partial charge in [-0.3, -0.25) is 9.20 Å². The molecule has 0 radical (unpaired) electrons. The van der Waals surface area contributed by atoms with Crippen LogP contribution in [0.2, 0.25) is 0 Å². The van der Waals surface area contributed by atoms with Crippen molar-refractivity contribution in [3.63, 3.8) is 0 Å². The largest absolute Gasteiger partial charge is 0.760 e. The van der Waals surface area contributed by atoms with E-state index in [1.54, 1.807) is 12.4 Å². The van der Waals surface area contributed by atoms with Crippen molar-refractivity contribution in [1.82, 2.24) is 19.5 Å². The van der Waals surface area contributed by atoms with Crippen LogP contribution in [-0.4, -0.2) is 41.5 Å². The lowest BCUT2D eigenvalue weighted by molar-refractivity contribution is 0.116. The highest BCUT2D eigenvalue weighted by atomic mass is 32.2. The lowest BCUT2D eigenvalue weighted by atomic mass is 10.5. The topological polar surface area (TPSA) is 108 Å². The average molecular weight is 539 g/mol. The molecule has 1 unspecified atom stereocenters. The first kappa shape index (κ1) is 40.0. The van der Waals surface area contributed by atoms with E-state index >= 15 is 0 Å². The first-order valence-electron chi connectivity index (χ1n) is 11.3. The molecule has 0 aliphatic heterocycles. The molecule has 35 heavy (non-hydrogen) atoms. The quantitative estimate of drug-likeness (QED) is 0.212. The molecule has 0 bridgehead atoms. The van der Waals surface area contributed by atoms with E-state index in [9.17, 15) is 17.5 Å². The first-order valence-corrected chi connectivity index (χ1v) is 13.2. The van der Waals surface area contributed by atoms with E-state index in [2.05, 4.69) is 20.2 Å². The number of alkyl halides is 2. The molecule has 2 heterocycles. The Morgan fingerprint density at radius 3 is 1.97 bits per heavy atom. The van der Waals surface area contributed by atoms with Gasteiger partial charge >= 0.3 is 6.43 Å². The van der Waals surface area contributed by atoms with E-state index in [4.69, 9.17) is 4.42 Å². The van der Waals surface area contributed by atoms with Gasteiger partial charge in [0.25, 0.3) is 11.8 Å². The summed E-state index contributed by atoms with van der Waals surface area (Å²) >= 11 is -1.26. The zero-order valence-corrected chi connectivity index (χ0v) is 24.4. The number of allylic oxidation sites excluding steroid dienone is 3. The van der Waals surface area contributed by atoms with Gasteiger partial charge in [0.05, 0.1) is 12.7 Å². The molecule has 2 aromatic heterocycles. The fourth-order valence-corrected chi connectivity index (χ4v) is 2.52. The third-order valence-corrected chi connectivity index (χ3v) is 4.33. The fraction of sp³-hybridized carbons (Fsp3) is 0.565. The van der Waals surface area contributed by atoms with Gasteiger partial charge in [0.15, 0.2) is 0 Å². The summed E-state index contributed by atoms with van der Waals surface area (Å²) < 4.78 is 51.6. The zero-order chi connectivity index (χ0) is 28.2. The SMILES string of the molecule is C/C=C\C.CC.CC.CC.CC=N/C=C\C.CN(Cc1ncc(-c2nnc(C(F)F)o2)s1)S(=O)[O-]. The third kappa shape index (κ3) is 22.1. The number of hydrogen-bond acceptors (Lipinski definition) is 8. The van der Waals surface area contributed by atoms with Crippen LogP contribution in [0.25, 0.3) is 10.8 Å². The van der Waals surface area contributed by atoms with Crippen LogP contribution in [0.1, 0.15) is 86.6 Å². The van der Waals surface area contributed by atoms with Crippen LogP contribution in [0.15, 0.2) is 40.0 Å². The van der Waals surface area contributed by atoms with Crippen molar-refractivity contribution in [1.29, 1.82) is 0 Å². The zero-order valence-electron chi connectivity index (χ0n) is 22.8. The van der Waals surface area contributed by atoms with Crippen molar-refractivity contribution in [2.75, 3.05) is 7.05 Å². The number of rotatable bonds is 6. The van der Waals surface area contributed by atoms with Crippen LogP contribution in [0, 0.1) is 0 Å². The van der Waals surface area contributed by atoms with Crippen LogP contribution >= 0.6 is 11.3 Å². The summed E-state index contributed by atoms with van der Waals surface area (Å²) in [5, 5.41) is 7.15. The van der Waals surface area contributed by atoms with Crippen LogP contribution < -0.4 is 0 Å². The molecule has 0 aromatic carbocycles. The van der Waals surface area contributed by atoms with E-state index in [1.807, 2.05) is 87.5 Å². The molecule has 0 N–H and O–H groups in total. The molecule has 0 amide bonds. The summed E-state index contributed by atoms with van der Waals surface area (Å²) in [5.41, 5.74) is 0. The maximum atomic E-state index is 12.3. The molecule has 12 heteroatoms. The van der Waals surface area contributed by atoms with Crippen molar-refractivity contribution >= 4 is 28.8 Å². The summed E-state index contributed by atoms with van der Waals surface area (Å²) in [6.07, 6.45) is 7.92. The Kier molecular flexibility index (Phi) is 34.2. The van der Waals surface area contributed by atoms with Crippen LogP contribution in [0.4, 0.5) is 8.78 Å². The predicted octanol–water partition coefficient (Wildman–Crippen LogP) is 7.63. The van der Waals surface area contributed by atoms with E-state index in [-0.39, 0.29) is 12.4 Å². The second kappa shape index (κ2) is 29.9. The van der Waals surface area contributed by atoms with Gasteiger partial charge < -0.3 is 8.97 Å². The van der Waals surface area contributed by atoms with Gasteiger partial charge in [-0.05, 0) is 34.7 Å². The Bertz CT molecular complexity index is 797. The molecular weight excluding hydrogens is 496 g/mol. The van der Waals surface area contributed by atoms with E-state index in [0.717, 1.165) is 15.6 Å². The van der Waals surface area contributed by atoms with Crippen molar-refractivity contribution < 1.29 is 22.0 Å². The molecule has 0 saturated carbocycles. The summed E-state index contributed by atoms with van der Waals surface area (Å²) in [6, 6.07) is 0. The smallest absolute Gasteiger partial charge is 0.314 e. The molecule has 2 aromatic rings. The standard InChI is InChI=1S/C8H8F2N4O3S2.C5H9N.C4H8.3C2H6/c1-14(19(15)16)3-5-11-2-4(18-5)7-12-13-8(17-7)6(9)10;1-3-5-6-4-2;1-3-4-2;3*1-2/h2,6H,3H2,1H3,(H,15,16);3-5H,1-2H3;3-4H,1-2H3;3*1-2H3/p-1/b;5-3-,6-4?;4-3-;;;. The van der Waals surface area contributed by atoms with Crippen molar-refractivity contribution in [3.05, 3.63) is 41.5 Å². The summed E-state index contributed by atoms with van der Waals surface area (Å²) in [4.78, 5) is 8.14.